The van der Waals surface area contributed by atoms with Gasteiger partial charge in [0.05, 0.1) is 5.56 Å². The van der Waals surface area contributed by atoms with Crippen LogP contribution in [-0.4, -0.2) is 46.6 Å². The van der Waals surface area contributed by atoms with Crippen molar-refractivity contribution in [3.63, 3.8) is 0 Å². The summed E-state index contributed by atoms with van der Waals surface area (Å²) in [5, 5.41) is 5.21. The molecule has 1 aliphatic rings. The van der Waals surface area contributed by atoms with Crippen molar-refractivity contribution in [2.75, 3.05) is 18.8 Å². The Bertz CT molecular complexity index is 1360. The predicted octanol–water partition coefficient (Wildman–Crippen LogP) is 5.00. The fourth-order valence-corrected chi connectivity index (χ4v) is 4.25. The van der Waals surface area contributed by atoms with Gasteiger partial charge in [-0.2, -0.15) is 0 Å². The lowest BCUT2D eigenvalue weighted by Gasteiger charge is -2.33. The SMILES string of the molecule is CC(C)(C)OC(=O)NC1CCN(C(=O)c2cccc(C#Cc3c(N)ncc4ccc(Cl)cc34)c2)CC1. The topological polar surface area (TPSA) is 97.5 Å². The Hall–Kier alpha value is -3.76. The molecule has 1 aromatic heterocycles. The molecular weight excluding hydrogens is 476 g/mol. The van der Waals surface area contributed by atoms with Crippen molar-refractivity contribution in [1.82, 2.24) is 15.2 Å². The van der Waals surface area contributed by atoms with Crippen LogP contribution in [0.4, 0.5) is 10.6 Å². The molecule has 0 aliphatic carbocycles. The first-order chi connectivity index (χ1) is 17.1. The Balaban J connectivity index is 1.44. The minimum atomic E-state index is -0.544. The third kappa shape index (κ3) is 6.27. The number of alkyl carbamates (subject to hydrolysis) is 1. The van der Waals surface area contributed by atoms with Gasteiger partial charge < -0.3 is 20.7 Å². The van der Waals surface area contributed by atoms with Crippen molar-refractivity contribution in [1.29, 1.82) is 0 Å². The summed E-state index contributed by atoms with van der Waals surface area (Å²) in [5.41, 5.74) is 7.41. The van der Waals surface area contributed by atoms with E-state index in [1.807, 2.05) is 45.0 Å². The van der Waals surface area contributed by atoms with E-state index in [0.717, 1.165) is 10.8 Å². The van der Waals surface area contributed by atoms with Crippen molar-refractivity contribution in [2.45, 2.75) is 45.3 Å². The van der Waals surface area contributed by atoms with Crippen LogP contribution in [-0.2, 0) is 4.74 Å². The number of rotatable bonds is 2. The van der Waals surface area contributed by atoms with Crippen LogP contribution in [0.15, 0.2) is 48.7 Å². The van der Waals surface area contributed by atoms with Gasteiger partial charge in [-0.05, 0) is 63.9 Å². The molecule has 8 heteroatoms. The summed E-state index contributed by atoms with van der Waals surface area (Å²) in [7, 11) is 0. The molecule has 4 rings (SSSR count). The number of aromatic nitrogens is 1. The summed E-state index contributed by atoms with van der Waals surface area (Å²) in [5.74, 6) is 6.49. The van der Waals surface area contributed by atoms with Crippen molar-refractivity contribution in [3.8, 4) is 11.8 Å². The molecule has 0 saturated carbocycles. The van der Waals surface area contributed by atoms with E-state index in [4.69, 9.17) is 22.1 Å². The summed E-state index contributed by atoms with van der Waals surface area (Å²) in [6.45, 7) is 6.59. The average Bonchev–Trinajstić information content (AvgIpc) is 2.82. The molecule has 7 nitrogen and oxygen atoms in total. The lowest BCUT2D eigenvalue weighted by molar-refractivity contribution is 0.0473. The molecule has 1 fully saturated rings. The van der Waals surface area contributed by atoms with Crippen LogP contribution in [0.1, 0.15) is 55.1 Å². The molecule has 0 bridgehead atoms. The van der Waals surface area contributed by atoms with Crippen LogP contribution in [0.2, 0.25) is 5.02 Å². The molecule has 2 aromatic carbocycles. The number of hydrogen-bond donors (Lipinski definition) is 2. The third-order valence-corrected chi connectivity index (χ3v) is 6.06. The molecule has 0 spiro atoms. The van der Waals surface area contributed by atoms with E-state index in [1.165, 1.54) is 0 Å². The van der Waals surface area contributed by atoms with E-state index in [-0.39, 0.29) is 11.9 Å². The van der Waals surface area contributed by atoms with Gasteiger partial charge >= 0.3 is 6.09 Å². The summed E-state index contributed by atoms with van der Waals surface area (Å²) in [4.78, 5) is 31.2. The number of nitrogens with two attached hydrogens (primary N) is 1. The molecule has 36 heavy (non-hydrogen) atoms. The number of ether oxygens (including phenoxy) is 1. The zero-order valence-corrected chi connectivity index (χ0v) is 21.4. The Morgan fingerprint density at radius 1 is 1.14 bits per heavy atom. The standard InChI is InChI=1S/C28H29ClN4O3/c1-28(2,3)36-27(35)32-22-11-13-33(14-12-22)26(34)19-6-4-5-18(15-19)7-10-23-24-16-21(29)9-8-20(24)17-31-25(23)30/h4-6,8-9,15-17,22H,11-14H2,1-3H3,(H2,30,31)(H,32,35). The molecule has 2 amide bonds. The monoisotopic (exact) mass is 504 g/mol. The molecule has 0 unspecified atom stereocenters. The van der Waals surface area contributed by atoms with Crippen LogP contribution in [0.25, 0.3) is 10.8 Å². The highest BCUT2D eigenvalue weighted by Gasteiger charge is 2.26. The second-order valence-corrected chi connectivity index (χ2v) is 10.2. The average molecular weight is 505 g/mol. The minimum absolute atomic E-state index is 0.0191. The van der Waals surface area contributed by atoms with Gasteiger partial charge in [-0.25, -0.2) is 9.78 Å². The minimum Gasteiger partial charge on any atom is -0.444 e. The third-order valence-electron chi connectivity index (χ3n) is 5.83. The summed E-state index contributed by atoms with van der Waals surface area (Å²) in [6.07, 6.45) is 2.60. The predicted molar refractivity (Wildman–Crippen MR) is 142 cm³/mol. The van der Waals surface area contributed by atoms with Crippen LogP contribution in [0.3, 0.4) is 0 Å². The Labute approximate surface area is 216 Å². The number of carbonyl (C=O) groups is 2. The highest BCUT2D eigenvalue weighted by molar-refractivity contribution is 6.31. The molecule has 1 aliphatic heterocycles. The van der Waals surface area contributed by atoms with E-state index in [9.17, 15) is 9.59 Å². The largest absolute Gasteiger partial charge is 0.444 e. The lowest BCUT2D eigenvalue weighted by Crippen LogP contribution is -2.47. The molecule has 186 valence electrons. The number of piperidine rings is 1. The Kier molecular flexibility index (Phi) is 7.37. The second kappa shape index (κ2) is 10.5. The number of halogens is 1. The summed E-state index contributed by atoms with van der Waals surface area (Å²) in [6, 6.07) is 12.7. The number of pyridine rings is 1. The Morgan fingerprint density at radius 2 is 1.89 bits per heavy atom. The number of likely N-dealkylation sites (tertiary alicyclic amines) is 1. The van der Waals surface area contributed by atoms with E-state index in [2.05, 4.69) is 22.1 Å². The molecular formula is C28H29ClN4O3. The molecule has 1 saturated heterocycles. The van der Waals surface area contributed by atoms with Crippen LogP contribution in [0, 0.1) is 11.8 Å². The van der Waals surface area contributed by atoms with E-state index in [1.54, 1.807) is 29.3 Å². The van der Waals surface area contributed by atoms with Crippen molar-refractivity contribution in [2.24, 2.45) is 0 Å². The van der Waals surface area contributed by atoms with Crippen LogP contribution < -0.4 is 11.1 Å². The maximum absolute atomic E-state index is 13.1. The number of nitrogens with one attached hydrogen (secondary N) is 1. The quantitative estimate of drug-likeness (QED) is 0.479. The fraction of sp³-hybridized carbons (Fsp3) is 0.321. The van der Waals surface area contributed by atoms with E-state index >= 15 is 0 Å². The Morgan fingerprint density at radius 3 is 2.61 bits per heavy atom. The molecule has 3 aromatic rings. The number of anilines is 1. The van der Waals surface area contributed by atoms with Gasteiger partial charge in [0.1, 0.15) is 11.4 Å². The molecule has 0 atom stereocenters. The van der Waals surface area contributed by atoms with Crippen LogP contribution >= 0.6 is 11.6 Å². The van der Waals surface area contributed by atoms with Crippen LogP contribution in [0.5, 0.6) is 0 Å². The normalized spacial score (nSPS) is 14.2. The van der Waals surface area contributed by atoms with E-state index < -0.39 is 11.7 Å². The molecule has 0 radical (unpaired) electrons. The number of hydrogen-bond acceptors (Lipinski definition) is 5. The van der Waals surface area contributed by atoms with Gasteiger partial charge in [-0.3, -0.25) is 4.79 Å². The summed E-state index contributed by atoms with van der Waals surface area (Å²) < 4.78 is 5.33. The van der Waals surface area contributed by atoms with Gasteiger partial charge in [0.15, 0.2) is 0 Å². The summed E-state index contributed by atoms with van der Waals surface area (Å²) >= 11 is 6.17. The van der Waals surface area contributed by atoms with Gasteiger partial charge in [-0.1, -0.05) is 35.6 Å². The zero-order valence-electron chi connectivity index (χ0n) is 20.6. The number of carbonyl (C=O) groups excluding carboxylic acids is 2. The van der Waals surface area contributed by atoms with Crippen molar-refractivity contribution >= 4 is 40.2 Å². The number of nitrogens with zero attached hydrogens (tertiary/aromatic N) is 2. The zero-order chi connectivity index (χ0) is 25.9. The van der Waals surface area contributed by atoms with Crippen molar-refractivity contribution < 1.29 is 14.3 Å². The molecule has 3 N–H and O–H groups in total. The van der Waals surface area contributed by atoms with Crippen molar-refractivity contribution in [3.05, 3.63) is 70.4 Å². The van der Waals surface area contributed by atoms with Gasteiger partial charge in [0.2, 0.25) is 0 Å². The first kappa shape index (κ1) is 25.3. The number of fused-ring (bicyclic) bond motifs is 1. The maximum atomic E-state index is 13.1. The van der Waals surface area contributed by atoms with Gasteiger partial charge in [-0.15, -0.1) is 0 Å². The number of benzene rings is 2. The second-order valence-electron chi connectivity index (χ2n) is 9.79. The maximum Gasteiger partial charge on any atom is 0.407 e. The highest BCUT2D eigenvalue weighted by Crippen LogP contribution is 2.25. The first-order valence-corrected chi connectivity index (χ1v) is 12.2. The highest BCUT2D eigenvalue weighted by atomic mass is 35.5. The number of nitrogen functional groups attached to an aromatic ring is 1. The lowest BCUT2D eigenvalue weighted by atomic mass is 10.0. The fourth-order valence-electron chi connectivity index (χ4n) is 4.08. The number of amides is 2. The first-order valence-electron chi connectivity index (χ1n) is 11.8. The smallest absolute Gasteiger partial charge is 0.407 e. The van der Waals surface area contributed by atoms with Gasteiger partial charge in [0, 0.05) is 52.3 Å². The van der Waals surface area contributed by atoms with Gasteiger partial charge in [0.25, 0.3) is 5.91 Å². The van der Waals surface area contributed by atoms with E-state index in [0.29, 0.717) is 53.5 Å². The molecule has 2 heterocycles.